The molecule has 2 saturated heterocycles. The molecule has 4 rings (SSSR count). The second-order valence-corrected chi connectivity index (χ2v) is 7.52. The molecule has 3 N–H and O–H groups in total. The van der Waals surface area contributed by atoms with Crippen LogP contribution >= 0.6 is 0 Å². The van der Waals surface area contributed by atoms with Gasteiger partial charge in [0, 0.05) is 32.8 Å². The molecule has 0 bridgehead atoms. The molecule has 2 aromatic rings. The second kappa shape index (κ2) is 6.51. The van der Waals surface area contributed by atoms with Gasteiger partial charge in [-0.1, -0.05) is 0 Å². The number of hydrogen-bond donors (Lipinski definition) is 2. The minimum Gasteiger partial charge on any atom is -0.388 e. The Balaban J connectivity index is 1.58. The molecule has 0 unspecified atom stereocenters. The van der Waals surface area contributed by atoms with Crippen LogP contribution in [0.15, 0.2) is 12.7 Å². The minimum atomic E-state index is -0.806. The number of fused-ring (bicyclic) bond motifs is 1. The van der Waals surface area contributed by atoms with Crippen molar-refractivity contribution < 1.29 is 9.84 Å². The minimum absolute atomic E-state index is 0.111. The van der Waals surface area contributed by atoms with Crippen LogP contribution in [0.1, 0.15) is 32.2 Å². The quantitative estimate of drug-likeness (QED) is 0.848. The highest BCUT2D eigenvalue weighted by Crippen LogP contribution is 2.34. The van der Waals surface area contributed by atoms with Crippen molar-refractivity contribution in [3.05, 3.63) is 12.7 Å². The van der Waals surface area contributed by atoms with Gasteiger partial charge in [-0.2, -0.15) is 0 Å². The fourth-order valence-electron chi connectivity index (χ4n) is 4.03. The van der Waals surface area contributed by atoms with E-state index >= 15 is 0 Å². The van der Waals surface area contributed by atoms with Crippen molar-refractivity contribution in [3.8, 4) is 0 Å². The monoisotopic (exact) mass is 346 g/mol. The molecule has 2 aromatic heterocycles. The first kappa shape index (κ1) is 16.7. The van der Waals surface area contributed by atoms with Crippen LogP contribution in [0.2, 0.25) is 0 Å². The normalized spacial score (nSPS) is 29.3. The van der Waals surface area contributed by atoms with E-state index in [9.17, 15) is 5.11 Å². The van der Waals surface area contributed by atoms with E-state index in [-0.39, 0.29) is 6.04 Å². The second-order valence-electron chi connectivity index (χ2n) is 7.52. The highest BCUT2D eigenvalue weighted by atomic mass is 16.5. The van der Waals surface area contributed by atoms with Crippen molar-refractivity contribution in [2.24, 2.45) is 5.92 Å². The molecule has 0 radical (unpaired) electrons. The maximum absolute atomic E-state index is 11.0. The van der Waals surface area contributed by atoms with Crippen LogP contribution < -0.4 is 5.73 Å². The Hall–Kier alpha value is -1.77. The molecule has 136 valence electrons. The molecule has 0 aliphatic carbocycles. The Morgan fingerprint density at radius 3 is 2.92 bits per heavy atom. The van der Waals surface area contributed by atoms with Gasteiger partial charge in [-0.25, -0.2) is 15.0 Å². The van der Waals surface area contributed by atoms with Crippen LogP contribution in [0.3, 0.4) is 0 Å². The summed E-state index contributed by atoms with van der Waals surface area (Å²) < 4.78 is 7.43. The number of piperidine rings is 1. The maximum atomic E-state index is 11.0. The number of imidazole rings is 1. The van der Waals surface area contributed by atoms with Gasteiger partial charge >= 0.3 is 0 Å². The molecule has 0 amide bonds. The first-order chi connectivity index (χ1) is 12.0. The molecule has 8 nitrogen and oxygen atoms in total. The Kier molecular flexibility index (Phi) is 4.35. The molecule has 2 aliphatic heterocycles. The summed E-state index contributed by atoms with van der Waals surface area (Å²) in [5.74, 6) is 1.05. The smallest absolute Gasteiger partial charge is 0.165 e. The summed E-state index contributed by atoms with van der Waals surface area (Å²) in [5.41, 5.74) is 6.38. The predicted octanol–water partition coefficient (Wildman–Crippen LogP) is 0.833. The van der Waals surface area contributed by atoms with Crippen LogP contribution in [0.4, 0.5) is 5.82 Å². The van der Waals surface area contributed by atoms with Crippen LogP contribution in [0, 0.1) is 5.92 Å². The fraction of sp³-hybridized carbons (Fsp3) is 0.706. The van der Waals surface area contributed by atoms with E-state index in [0.717, 1.165) is 52.1 Å². The summed E-state index contributed by atoms with van der Waals surface area (Å²) in [7, 11) is 0. The van der Waals surface area contributed by atoms with Gasteiger partial charge in [0.1, 0.15) is 11.8 Å². The van der Waals surface area contributed by atoms with Crippen LogP contribution in [-0.4, -0.2) is 68.0 Å². The molecule has 4 heterocycles. The zero-order valence-electron chi connectivity index (χ0n) is 14.6. The number of aliphatic hydroxyl groups is 1. The van der Waals surface area contributed by atoms with E-state index in [1.54, 1.807) is 6.33 Å². The highest BCUT2D eigenvalue weighted by molar-refractivity contribution is 5.81. The van der Waals surface area contributed by atoms with E-state index in [2.05, 4.69) is 19.9 Å². The Labute approximate surface area is 147 Å². The zero-order valence-corrected chi connectivity index (χ0v) is 14.6. The number of anilines is 1. The van der Waals surface area contributed by atoms with Crippen LogP contribution in [0.5, 0.6) is 0 Å². The van der Waals surface area contributed by atoms with Crippen LogP contribution in [0.25, 0.3) is 11.2 Å². The number of ether oxygens (including phenoxy) is 1. The van der Waals surface area contributed by atoms with Crippen molar-refractivity contribution in [3.63, 3.8) is 0 Å². The average molecular weight is 346 g/mol. The predicted molar refractivity (Wildman–Crippen MR) is 94.0 cm³/mol. The lowest BCUT2D eigenvalue weighted by Gasteiger charge is -2.44. The number of nitrogens with two attached hydrogens (primary N) is 1. The molecule has 2 fully saturated rings. The topological polar surface area (TPSA) is 102 Å². The van der Waals surface area contributed by atoms with Crippen molar-refractivity contribution in [2.45, 2.75) is 37.8 Å². The van der Waals surface area contributed by atoms with Gasteiger partial charge in [-0.05, 0) is 32.1 Å². The summed E-state index contributed by atoms with van der Waals surface area (Å²) in [6.07, 6.45) is 6.14. The third-order valence-electron chi connectivity index (χ3n) is 5.66. The number of nitrogens with zero attached hydrogens (tertiary/aromatic N) is 5. The lowest BCUT2D eigenvalue weighted by Crippen LogP contribution is -2.52. The van der Waals surface area contributed by atoms with E-state index in [0.29, 0.717) is 22.9 Å². The van der Waals surface area contributed by atoms with Gasteiger partial charge in [0.05, 0.1) is 18.0 Å². The summed E-state index contributed by atoms with van der Waals surface area (Å²) >= 11 is 0. The largest absolute Gasteiger partial charge is 0.388 e. The molecule has 25 heavy (non-hydrogen) atoms. The average Bonchev–Trinajstić information content (AvgIpc) is 3.03. The molecule has 8 heteroatoms. The maximum Gasteiger partial charge on any atom is 0.165 e. The lowest BCUT2D eigenvalue weighted by molar-refractivity contribution is -0.0560. The SMILES string of the molecule is C[C@@]1(O)CCN(CC2CCOCC2)C[C@H]1n1cnc2c(N)ncnc21. The van der Waals surface area contributed by atoms with Crippen molar-refractivity contribution in [1.82, 2.24) is 24.4 Å². The summed E-state index contributed by atoms with van der Waals surface area (Å²) in [4.78, 5) is 15.2. The zero-order chi connectivity index (χ0) is 17.4. The number of likely N-dealkylation sites (tertiary alicyclic amines) is 1. The van der Waals surface area contributed by atoms with E-state index in [1.165, 1.54) is 6.33 Å². The first-order valence-electron chi connectivity index (χ1n) is 9.00. The molecular formula is C17H26N6O2. The van der Waals surface area contributed by atoms with Gasteiger partial charge < -0.3 is 25.0 Å². The lowest BCUT2D eigenvalue weighted by atomic mass is 9.87. The molecule has 2 aliphatic rings. The number of nitrogen functional groups attached to an aromatic ring is 1. The number of rotatable bonds is 3. The molecular weight excluding hydrogens is 320 g/mol. The Morgan fingerprint density at radius 1 is 1.32 bits per heavy atom. The number of aromatic nitrogens is 4. The molecule has 0 spiro atoms. The Bertz CT molecular complexity index is 740. The van der Waals surface area contributed by atoms with E-state index < -0.39 is 5.60 Å². The van der Waals surface area contributed by atoms with Gasteiger partial charge in [-0.3, -0.25) is 0 Å². The highest BCUT2D eigenvalue weighted by Gasteiger charge is 2.40. The van der Waals surface area contributed by atoms with Gasteiger partial charge in [0.15, 0.2) is 11.5 Å². The van der Waals surface area contributed by atoms with Crippen LogP contribution in [-0.2, 0) is 4.74 Å². The Morgan fingerprint density at radius 2 is 2.12 bits per heavy atom. The van der Waals surface area contributed by atoms with Crippen molar-refractivity contribution in [2.75, 3.05) is 38.6 Å². The van der Waals surface area contributed by atoms with Gasteiger partial charge in [0.25, 0.3) is 0 Å². The third kappa shape index (κ3) is 3.21. The summed E-state index contributed by atoms with van der Waals surface area (Å²) in [5, 5.41) is 11.0. The number of hydrogen-bond acceptors (Lipinski definition) is 7. The molecule has 0 aromatic carbocycles. The van der Waals surface area contributed by atoms with E-state index in [1.807, 2.05) is 11.5 Å². The summed E-state index contributed by atoms with van der Waals surface area (Å²) in [6.45, 7) is 6.37. The molecule has 0 saturated carbocycles. The van der Waals surface area contributed by atoms with Gasteiger partial charge in [-0.15, -0.1) is 0 Å². The van der Waals surface area contributed by atoms with Crippen molar-refractivity contribution in [1.29, 1.82) is 0 Å². The van der Waals surface area contributed by atoms with Crippen molar-refractivity contribution >= 4 is 17.0 Å². The molecule has 2 atom stereocenters. The summed E-state index contributed by atoms with van der Waals surface area (Å²) in [6, 6.07) is -0.111. The van der Waals surface area contributed by atoms with E-state index in [4.69, 9.17) is 10.5 Å². The standard InChI is InChI=1S/C17H26N6O2/c1-17(24)4-5-22(8-12-2-6-25-7-3-12)9-13(17)23-11-21-14-15(18)19-10-20-16(14)23/h10-13,24H,2-9H2,1H3,(H2,18,19,20)/t13-,17-/m1/s1. The fourth-order valence-corrected chi connectivity index (χ4v) is 4.03. The first-order valence-corrected chi connectivity index (χ1v) is 9.00. The van der Waals surface area contributed by atoms with Gasteiger partial charge in [0.2, 0.25) is 0 Å². The third-order valence-corrected chi connectivity index (χ3v) is 5.66.